The lowest BCUT2D eigenvalue weighted by molar-refractivity contribution is 0.474. The third kappa shape index (κ3) is 0.184. The fraction of sp³-hybridized carbons (Fsp3) is 0.333. The van der Waals surface area contributed by atoms with E-state index < -0.39 is 0 Å². The standard InChI is InChI=1S/C3H4N2/c1-5-3-2-4-5/h3H,1H3. The summed E-state index contributed by atoms with van der Waals surface area (Å²) in [6, 6.07) is 0. The normalized spacial score (nSPS) is 15.8. The Balaban J connectivity index is 2.60. The molecular weight excluding hydrogens is 64.0 g/mol. The zero-order valence-corrected chi connectivity index (χ0v) is 2.97. The monoisotopic (exact) mass is 68.0 g/mol. The van der Waals surface area contributed by atoms with Crippen molar-refractivity contribution in [3.63, 3.8) is 0 Å². The van der Waals surface area contributed by atoms with Crippen molar-refractivity contribution in [3.8, 4) is 0 Å². The van der Waals surface area contributed by atoms with Crippen molar-refractivity contribution in [3.05, 3.63) is 6.20 Å². The van der Waals surface area contributed by atoms with Gasteiger partial charge < -0.3 is 0 Å². The molecular formula is C3H4N2. The van der Waals surface area contributed by atoms with Gasteiger partial charge in [0.25, 0.3) is 0 Å². The van der Waals surface area contributed by atoms with Gasteiger partial charge >= 0.3 is 0 Å². The number of nitrogens with zero attached hydrogens (tertiary/aromatic N) is 2. The fourth-order valence-electron chi connectivity index (χ4n) is 0.173. The van der Waals surface area contributed by atoms with Gasteiger partial charge in [0.15, 0.2) is 0 Å². The highest BCUT2D eigenvalue weighted by Crippen LogP contribution is 1.84. The molecule has 0 radical (unpaired) electrons. The smallest absolute Gasteiger partial charge is 0.0867 e. The van der Waals surface area contributed by atoms with E-state index >= 15 is 0 Å². The molecule has 0 aromatic rings. The van der Waals surface area contributed by atoms with Crippen LogP contribution in [0.2, 0.25) is 0 Å². The van der Waals surface area contributed by atoms with E-state index in [2.05, 4.69) is 11.0 Å². The van der Waals surface area contributed by atoms with E-state index in [4.69, 9.17) is 0 Å². The summed E-state index contributed by atoms with van der Waals surface area (Å²) in [5.41, 5.74) is 0. The molecule has 0 saturated carbocycles. The Morgan fingerprint density at radius 3 is 2.40 bits per heavy atom. The summed E-state index contributed by atoms with van der Waals surface area (Å²) in [7, 11) is 1.86. The first kappa shape index (κ1) is 2.49. The molecule has 0 amide bonds. The first-order valence-electron chi connectivity index (χ1n) is 1.42. The minimum Gasteiger partial charge on any atom is -0.258 e. The van der Waals surface area contributed by atoms with E-state index in [1.807, 2.05) is 7.05 Å². The Morgan fingerprint density at radius 1 is 2.00 bits per heavy atom. The van der Waals surface area contributed by atoms with Crippen LogP contribution in [-0.2, 0) is 0 Å². The van der Waals surface area contributed by atoms with Gasteiger partial charge in [-0.2, -0.15) is 0 Å². The van der Waals surface area contributed by atoms with Crippen molar-refractivity contribution in [2.75, 3.05) is 7.05 Å². The van der Waals surface area contributed by atoms with E-state index in [9.17, 15) is 0 Å². The zero-order valence-electron chi connectivity index (χ0n) is 2.97. The Hall–Kier alpha value is -0.750. The summed E-state index contributed by atoms with van der Waals surface area (Å²) in [6.07, 6.45) is 1.76. The highest BCUT2D eigenvalue weighted by Gasteiger charge is 1.84. The summed E-state index contributed by atoms with van der Waals surface area (Å²) >= 11 is 0. The second kappa shape index (κ2) is 0.597. The van der Waals surface area contributed by atoms with Gasteiger partial charge in [0.05, 0.1) is 6.20 Å². The lowest BCUT2D eigenvalue weighted by Gasteiger charge is -2.04. The van der Waals surface area contributed by atoms with E-state index in [0.717, 1.165) is 0 Å². The van der Waals surface area contributed by atoms with Gasteiger partial charge in [-0.3, -0.25) is 5.01 Å². The van der Waals surface area contributed by atoms with Crippen molar-refractivity contribution >= 4 is 5.87 Å². The van der Waals surface area contributed by atoms with Crippen molar-refractivity contribution in [1.29, 1.82) is 0 Å². The Bertz CT molecular complexity index is 81.1. The molecule has 0 aromatic carbocycles. The third-order valence-electron chi connectivity index (χ3n) is 0.460. The minimum absolute atomic E-state index is 1.69. The van der Waals surface area contributed by atoms with Crippen LogP contribution in [0, 0.1) is 0 Å². The second-order valence-corrected chi connectivity index (χ2v) is 0.932. The summed E-state index contributed by atoms with van der Waals surface area (Å²) in [4.78, 5) is 0. The second-order valence-electron chi connectivity index (χ2n) is 0.932. The molecule has 0 bridgehead atoms. The lowest BCUT2D eigenvalue weighted by Crippen LogP contribution is -2.06. The summed E-state index contributed by atoms with van der Waals surface area (Å²) in [5, 5.41) is 5.29. The SMILES string of the molecule is CN1C=C=N1. The average Bonchev–Trinajstić information content (AvgIpc) is 1.30. The molecule has 1 rings (SSSR count). The molecule has 0 saturated heterocycles. The zero-order chi connectivity index (χ0) is 3.70. The largest absolute Gasteiger partial charge is 0.258 e. The lowest BCUT2D eigenvalue weighted by atomic mass is 10.8. The Morgan fingerprint density at radius 2 is 2.40 bits per heavy atom. The molecule has 2 nitrogen and oxygen atoms in total. The van der Waals surface area contributed by atoms with Crippen LogP contribution in [-0.4, -0.2) is 17.9 Å². The van der Waals surface area contributed by atoms with E-state index in [1.165, 1.54) is 0 Å². The number of hydrazone groups is 1. The summed E-state index contributed by atoms with van der Waals surface area (Å²) in [5.74, 6) is 2.59. The number of rotatable bonds is 0. The van der Waals surface area contributed by atoms with Gasteiger partial charge in [-0.25, -0.2) is 0 Å². The van der Waals surface area contributed by atoms with Crippen molar-refractivity contribution < 1.29 is 0 Å². The maximum Gasteiger partial charge on any atom is 0.0867 e. The van der Waals surface area contributed by atoms with Gasteiger partial charge in [-0.1, -0.05) is 0 Å². The van der Waals surface area contributed by atoms with E-state index in [0.29, 0.717) is 0 Å². The first-order valence-corrected chi connectivity index (χ1v) is 1.42. The molecule has 0 fully saturated rings. The summed E-state index contributed by atoms with van der Waals surface area (Å²) in [6.45, 7) is 0. The molecule has 0 aliphatic carbocycles. The van der Waals surface area contributed by atoms with Crippen LogP contribution in [0.25, 0.3) is 0 Å². The van der Waals surface area contributed by atoms with Crippen LogP contribution in [0.15, 0.2) is 11.3 Å². The molecule has 5 heavy (non-hydrogen) atoms. The topological polar surface area (TPSA) is 15.6 Å². The van der Waals surface area contributed by atoms with E-state index in [1.54, 1.807) is 11.2 Å². The molecule has 0 aromatic heterocycles. The van der Waals surface area contributed by atoms with Crippen LogP contribution in [0.5, 0.6) is 0 Å². The molecule has 1 heterocycles. The maximum atomic E-state index is 3.60. The van der Waals surface area contributed by atoms with Crippen LogP contribution in [0.4, 0.5) is 0 Å². The van der Waals surface area contributed by atoms with Crippen LogP contribution in [0.3, 0.4) is 0 Å². The van der Waals surface area contributed by atoms with Crippen LogP contribution in [0.1, 0.15) is 0 Å². The Kier molecular flexibility index (Phi) is 0.297. The van der Waals surface area contributed by atoms with Crippen molar-refractivity contribution in [1.82, 2.24) is 5.01 Å². The molecule has 1 aliphatic rings. The minimum atomic E-state index is 1.69. The average molecular weight is 68.1 g/mol. The fourth-order valence-corrected chi connectivity index (χ4v) is 0.173. The molecule has 0 unspecified atom stereocenters. The van der Waals surface area contributed by atoms with Crippen LogP contribution < -0.4 is 0 Å². The first-order chi connectivity index (χ1) is 2.39. The molecule has 0 atom stereocenters. The highest BCUT2D eigenvalue weighted by molar-refractivity contribution is 5.54. The Labute approximate surface area is 30.4 Å². The van der Waals surface area contributed by atoms with Gasteiger partial charge in [-0.05, 0) is 0 Å². The number of hydrogen-bond donors (Lipinski definition) is 0. The van der Waals surface area contributed by atoms with Crippen molar-refractivity contribution in [2.45, 2.75) is 0 Å². The molecule has 2 heteroatoms. The van der Waals surface area contributed by atoms with Crippen molar-refractivity contribution in [2.24, 2.45) is 5.10 Å². The predicted octanol–water partition coefficient (Wildman–Crippen LogP) is 0.0302. The third-order valence-corrected chi connectivity index (χ3v) is 0.460. The predicted molar refractivity (Wildman–Crippen MR) is 19.8 cm³/mol. The quantitative estimate of drug-likeness (QED) is 0.391. The van der Waals surface area contributed by atoms with Gasteiger partial charge in [0.1, 0.15) is 0 Å². The van der Waals surface area contributed by atoms with E-state index in [-0.39, 0.29) is 0 Å². The van der Waals surface area contributed by atoms with Gasteiger partial charge in [-0.15, -0.1) is 5.10 Å². The van der Waals surface area contributed by atoms with Gasteiger partial charge in [0.2, 0.25) is 0 Å². The van der Waals surface area contributed by atoms with Gasteiger partial charge in [0, 0.05) is 12.9 Å². The summed E-state index contributed by atoms with van der Waals surface area (Å²) < 4.78 is 0. The molecule has 1 aliphatic heterocycles. The maximum absolute atomic E-state index is 3.60. The molecule has 0 N–H and O–H groups in total. The highest BCUT2D eigenvalue weighted by atomic mass is 15.4. The number of hydrogen-bond acceptors (Lipinski definition) is 2. The molecule has 0 spiro atoms. The van der Waals surface area contributed by atoms with Crippen LogP contribution >= 0.6 is 0 Å². The molecule has 26 valence electrons.